The van der Waals surface area contributed by atoms with Crippen molar-refractivity contribution in [1.29, 1.82) is 0 Å². The zero-order valence-electron chi connectivity index (χ0n) is 19.5. The van der Waals surface area contributed by atoms with Crippen LogP contribution in [0.15, 0.2) is 79.0 Å². The van der Waals surface area contributed by atoms with Gasteiger partial charge in [0, 0.05) is 38.4 Å². The molecule has 1 radical (unpaired) electrons. The topological polar surface area (TPSA) is 30.7 Å². The van der Waals surface area contributed by atoms with Crippen molar-refractivity contribution in [2.75, 3.05) is 0 Å². The monoisotopic (exact) mass is 620 g/mol. The second-order valence-corrected chi connectivity index (χ2v) is 8.39. The Hall–Kier alpha value is -3.33. The molecule has 2 aromatic heterocycles. The molecule has 6 rings (SSSR count). The van der Waals surface area contributed by atoms with Gasteiger partial charge in [-0.05, 0) is 36.7 Å². The van der Waals surface area contributed by atoms with Gasteiger partial charge >= 0.3 is 0 Å². The van der Waals surface area contributed by atoms with Crippen LogP contribution in [0.1, 0.15) is 22.3 Å². The Balaban J connectivity index is 0.000000164. The summed E-state index contributed by atoms with van der Waals surface area (Å²) in [5.74, 6) is 1.01. The zero-order chi connectivity index (χ0) is 22.8. The van der Waals surface area contributed by atoms with E-state index in [1.54, 1.807) is 0 Å². The Bertz CT molecular complexity index is 1390. The van der Waals surface area contributed by atoms with E-state index in [1.165, 1.54) is 27.8 Å². The number of aromatic nitrogens is 3. The molecule has 0 bridgehead atoms. The molecule has 34 heavy (non-hydrogen) atoms. The molecule has 1 aliphatic heterocycles. The SMILES string of the molecule is Cc1c[c-]c(-c2ccc(C)cn2)cc1.Cc1ccc2nc(-c3[c-]cccc3)n3c2c1C=CC3.[Ir]. The Morgan fingerprint density at radius 3 is 2.41 bits per heavy atom. The van der Waals surface area contributed by atoms with Crippen molar-refractivity contribution in [2.45, 2.75) is 27.3 Å². The van der Waals surface area contributed by atoms with E-state index in [0.717, 1.165) is 34.7 Å². The molecular weight excluding hydrogens is 595 g/mol. The molecule has 1 aliphatic rings. The number of pyridine rings is 1. The van der Waals surface area contributed by atoms with Gasteiger partial charge in [-0.2, -0.15) is 0 Å². The van der Waals surface area contributed by atoms with Crippen molar-refractivity contribution in [3.63, 3.8) is 0 Å². The van der Waals surface area contributed by atoms with Gasteiger partial charge in [0.15, 0.2) is 0 Å². The number of hydrogen-bond acceptors (Lipinski definition) is 2. The van der Waals surface area contributed by atoms with Crippen molar-refractivity contribution in [1.82, 2.24) is 14.5 Å². The van der Waals surface area contributed by atoms with Crippen LogP contribution in [0.5, 0.6) is 0 Å². The summed E-state index contributed by atoms with van der Waals surface area (Å²) in [4.78, 5) is 9.13. The molecule has 0 atom stereocenters. The third-order valence-corrected chi connectivity index (χ3v) is 5.84. The van der Waals surface area contributed by atoms with Crippen molar-refractivity contribution in [3.8, 4) is 22.6 Å². The summed E-state index contributed by atoms with van der Waals surface area (Å²) >= 11 is 0. The van der Waals surface area contributed by atoms with Crippen LogP contribution >= 0.6 is 0 Å². The van der Waals surface area contributed by atoms with Gasteiger partial charge in [-0.1, -0.05) is 37.3 Å². The van der Waals surface area contributed by atoms with Gasteiger partial charge in [-0.3, -0.25) is 4.98 Å². The van der Waals surface area contributed by atoms with Crippen LogP contribution in [-0.2, 0) is 26.7 Å². The predicted octanol–water partition coefficient (Wildman–Crippen LogP) is 7.00. The summed E-state index contributed by atoms with van der Waals surface area (Å²) in [6, 6.07) is 28.9. The van der Waals surface area contributed by atoms with E-state index in [2.05, 4.69) is 78.0 Å². The molecule has 0 N–H and O–H groups in total. The maximum Gasteiger partial charge on any atom is 0.0777 e. The number of aryl methyl sites for hydroxylation is 3. The summed E-state index contributed by atoms with van der Waals surface area (Å²) in [6.07, 6.45) is 6.28. The number of hydrogen-bond donors (Lipinski definition) is 0. The second-order valence-electron chi connectivity index (χ2n) is 8.39. The molecule has 0 saturated heterocycles. The largest absolute Gasteiger partial charge is 0.360 e. The van der Waals surface area contributed by atoms with Crippen LogP contribution in [0.3, 0.4) is 0 Å². The molecule has 0 spiro atoms. The van der Waals surface area contributed by atoms with Crippen LogP contribution in [-0.4, -0.2) is 14.5 Å². The van der Waals surface area contributed by atoms with Crippen LogP contribution < -0.4 is 0 Å². The maximum atomic E-state index is 4.79. The average Bonchev–Trinajstić information content (AvgIpc) is 3.24. The summed E-state index contributed by atoms with van der Waals surface area (Å²) in [7, 11) is 0. The summed E-state index contributed by atoms with van der Waals surface area (Å²) in [6.45, 7) is 7.12. The van der Waals surface area contributed by atoms with Crippen molar-refractivity contribution < 1.29 is 20.1 Å². The fraction of sp³-hybridized carbons (Fsp3) is 0.133. The molecule has 3 aromatic carbocycles. The van der Waals surface area contributed by atoms with Crippen molar-refractivity contribution >= 4 is 17.1 Å². The molecule has 0 amide bonds. The number of nitrogens with zero attached hydrogens (tertiary/aromatic N) is 3. The first kappa shape index (κ1) is 23.8. The quantitative estimate of drug-likeness (QED) is 0.199. The minimum atomic E-state index is 0. The van der Waals surface area contributed by atoms with Gasteiger partial charge in [-0.15, -0.1) is 71.3 Å². The minimum absolute atomic E-state index is 0. The van der Waals surface area contributed by atoms with E-state index >= 15 is 0 Å². The van der Waals surface area contributed by atoms with E-state index in [9.17, 15) is 0 Å². The third kappa shape index (κ3) is 4.79. The zero-order valence-corrected chi connectivity index (χ0v) is 21.9. The van der Waals surface area contributed by atoms with Crippen molar-refractivity contribution in [2.24, 2.45) is 0 Å². The minimum Gasteiger partial charge on any atom is -0.360 e. The third-order valence-electron chi connectivity index (χ3n) is 5.84. The average molecular weight is 620 g/mol. The molecule has 0 fully saturated rings. The van der Waals surface area contributed by atoms with Gasteiger partial charge in [0.25, 0.3) is 0 Å². The Kier molecular flexibility index (Phi) is 7.21. The van der Waals surface area contributed by atoms with E-state index in [1.807, 2.05) is 49.5 Å². The molecule has 4 heteroatoms. The molecular formula is C30H25IrN3-2. The van der Waals surface area contributed by atoms with E-state index in [0.29, 0.717) is 0 Å². The fourth-order valence-corrected chi connectivity index (χ4v) is 4.04. The Morgan fingerprint density at radius 2 is 1.71 bits per heavy atom. The van der Waals surface area contributed by atoms with Crippen LogP contribution in [0.4, 0.5) is 0 Å². The fourth-order valence-electron chi connectivity index (χ4n) is 4.04. The van der Waals surface area contributed by atoms with E-state index in [-0.39, 0.29) is 20.1 Å². The summed E-state index contributed by atoms with van der Waals surface area (Å²) in [5, 5.41) is 0. The Morgan fingerprint density at radius 1 is 0.853 bits per heavy atom. The number of rotatable bonds is 2. The first-order chi connectivity index (χ1) is 16.1. The molecule has 171 valence electrons. The van der Waals surface area contributed by atoms with Gasteiger partial charge in [-0.25, -0.2) is 0 Å². The molecule has 5 aromatic rings. The normalized spacial score (nSPS) is 11.5. The first-order valence-corrected chi connectivity index (χ1v) is 11.1. The van der Waals surface area contributed by atoms with Crippen molar-refractivity contribution in [3.05, 3.63) is 113 Å². The Labute approximate surface area is 214 Å². The number of allylic oxidation sites excluding steroid dienone is 1. The molecule has 3 nitrogen and oxygen atoms in total. The number of imidazole rings is 1. The molecule has 3 heterocycles. The summed E-state index contributed by atoms with van der Waals surface area (Å²) in [5.41, 5.74) is 10.4. The van der Waals surface area contributed by atoms with Gasteiger partial charge < -0.3 is 9.55 Å². The maximum absolute atomic E-state index is 4.79. The van der Waals surface area contributed by atoms with E-state index < -0.39 is 0 Å². The van der Waals surface area contributed by atoms with Crippen LogP contribution in [0, 0.1) is 32.9 Å². The van der Waals surface area contributed by atoms with Gasteiger partial charge in [0.2, 0.25) is 0 Å². The van der Waals surface area contributed by atoms with Crippen LogP contribution in [0.2, 0.25) is 0 Å². The first-order valence-electron chi connectivity index (χ1n) is 11.1. The van der Waals surface area contributed by atoms with Crippen LogP contribution in [0.25, 0.3) is 39.8 Å². The predicted molar refractivity (Wildman–Crippen MR) is 136 cm³/mol. The molecule has 0 unspecified atom stereocenters. The second kappa shape index (κ2) is 10.3. The summed E-state index contributed by atoms with van der Waals surface area (Å²) < 4.78 is 2.28. The molecule has 0 aliphatic carbocycles. The standard InChI is InChI=1S/C17H13N2.C13H12N.Ir/c1-12-9-10-15-16-14(12)8-5-11-19(16)17(18-15)13-6-3-2-4-7-13;1-10-3-6-12(7-4-10)13-8-5-11(2)9-14-13;/h2-6,8-10H,11H2,1H3;3-6,8-9H,1-2H3;/q2*-1;. The van der Waals surface area contributed by atoms with E-state index in [4.69, 9.17) is 4.98 Å². The smallest absolute Gasteiger partial charge is 0.0777 e. The number of benzene rings is 3. The van der Waals surface area contributed by atoms with Gasteiger partial charge in [0.1, 0.15) is 0 Å². The molecule has 0 saturated carbocycles. The van der Waals surface area contributed by atoms with Gasteiger partial charge in [0.05, 0.1) is 16.9 Å².